The molecule has 0 saturated heterocycles. The predicted octanol–water partition coefficient (Wildman–Crippen LogP) is 4.11. The maximum atomic E-state index is 12.8. The van der Waals surface area contributed by atoms with Gasteiger partial charge in [-0.2, -0.15) is 0 Å². The van der Waals surface area contributed by atoms with Crippen molar-refractivity contribution in [3.05, 3.63) is 57.7 Å². The van der Waals surface area contributed by atoms with Crippen molar-refractivity contribution in [2.45, 2.75) is 19.4 Å². The van der Waals surface area contributed by atoms with Crippen LogP contribution in [0.3, 0.4) is 0 Å². The van der Waals surface area contributed by atoms with E-state index in [-0.39, 0.29) is 12.0 Å². The van der Waals surface area contributed by atoms with E-state index in [4.69, 9.17) is 4.74 Å². The van der Waals surface area contributed by atoms with Crippen molar-refractivity contribution in [2.75, 3.05) is 11.4 Å². The van der Waals surface area contributed by atoms with Gasteiger partial charge in [-0.3, -0.25) is 4.79 Å². The second-order valence-electron chi connectivity index (χ2n) is 5.04. The minimum Gasteiger partial charge on any atom is -0.486 e. The summed E-state index contributed by atoms with van der Waals surface area (Å²) in [7, 11) is 0. The van der Waals surface area contributed by atoms with Crippen LogP contribution >= 0.6 is 22.6 Å². The number of carbonyl (C=O) groups is 1. The molecule has 4 heteroatoms. The van der Waals surface area contributed by atoms with Crippen LogP contribution in [-0.2, 0) is 0 Å². The number of carbonyl (C=O) groups excluding carboxylic acids is 1. The number of hydrogen-bond acceptors (Lipinski definition) is 2. The Morgan fingerprint density at radius 2 is 1.95 bits per heavy atom. The molecule has 0 radical (unpaired) electrons. The highest BCUT2D eigenvalue weighted by molar-refractivity contribution is 14.1. The third-order valence-corrected chi connectivity index (χ3v) is 4.35. The molecule has 0 N–H and O–H groups in total. The first-order chi connectivity index (χ1) is 10.2. The van der Waals surface area contributed by atoms with Gasteiger partial charge < -0.3 is 9.64 Å². The molecule has 3 nitrogen and oxygen atoms in total. The van der Waals surface area contributed by atoms with Gasteiger partial charge in [-0.25, -0.2) is 0 Å². The van der Waals surface area contributed by atoms with E-state index in [1.807, 2.05) is 53.4 Å². The lowest BCUT2D eigenvalue weighted by Gasteiger charge is -2.34. The van der Waals surface area contributed by atoms with Crippen LogP contribution in [0.1, 0.15) is 23.7 Å². The number of hydrogen-bond donors (Lipinski definition) is 0. The highest BCUT2D eigenvalue weighted by atomic mass is 127. The zero-order valence-corrected chi connectivity index (χ0v) is 13.9. The quantitative estimate of drug-likeness (QED) is 0.719. The lowest BCUT2D eigenvalue weighted by atomic mass is 10.1. The number of nitrogens with zero attached hydrogens (tertiary/aromatic N) is 1. The van der Waals surface area contributed by atoms with E-state index in [1.54, 1.807) is 0 Å². The molecule has 1 unspecified atom stereocenters. The fraction of sp³-hybridized carbons (Fsp3) is 0.235. The topological polar surface area (TPSA) is 29.5 Å². The van der Waals surface area contributed by atoms with E-state index >= 15 is 0 Å². The second kappa shape index (κ2) is 6.05. The molecule has 2 aromatic carbocycles. The van der Waals surface area contributed by atoms with Crippen molar-refractivity contribution in [1.29, 1.82) is 0 Å². The summed E-state index contributed by atoms with van der Waals surface area (Å²) in [4.78, 5) is 14.6. The van der Waals surface area contributed by atoms with Crippen molar-refractivity contribution < 1.29 is 9.53 Å². The summed E-state index contributed by atoms with van der Waals surface area (Å²) in [5.41, 5.74) is 1.56. The molecule has 1 amide bonds. The van der Waals surface area contributed by atoms with Crippen LogP contribution in [0.4, 0.5) is 5.69 Å². The van der Waals surface area contributed by atoms with Gasteiger partial charge in [0.05, 0.1) is 12.2 Å². The first-order valence-electron chi connectivity index (χ1n) is 7.02. The smallest absolute Gasteiger partial charge is 0.258 e. The van der Waals surface area contributed by atoms with Crippen molar-refractivity contribution in [3.63, 3.8) is 0 Å². The molecule has 0 aliphatic carbocycles. The maximum absolute atomic E-state index is 12.8. The van der Waals surface area contributed by atoms with Crippen molar-refractivity contribution in [3.8, 4) is 5.75 Å². The lowest BCUT2D eigenvalue weighted by molar-refractivity contribution is 0.0954. The Labute approximate surface area is 138 Å². The summed E-state index contributed by atoms with van der Waals surface area (Å²) >= 11 is 2.24. The summed E-state index contributed by atoms with van der Waals surface area (Å²) in [6.45, 7) is 2.67. The van der Waals surface area contributed by atoms with Crippen molar-refractivity contribution in [2.24, 2.45) is 0 Å². The average molecular weight is 393 g/mol. The molecule has 0 spiro atoms. The molecule has 108 valence electrons. The van der Waals surface area contributed by atoms with Crippen LogP contribution in [0, 0.1) is 3.57 Å². The summed E-state index contributed by atoms with van der Waals surface area (Å²) in [6, 6.07) is 15.4. The van der Waals surface area contributed by atoms with Crippen LogP contribution in [0.15, 0.2) is 48.5 Å². The van der Waals surface area contributed by atoms with Crippen LogP contribution in [-0.4, -0.2) is 18.6 Å². The molecule has 1 aliphatic heterocycles. The van der Waals surface area contributed by atoms with Gasteiger partial charge >= 0.3 is 0 Å². The van der Waals surface area contributed by atoms with E-state index in [0.717, 1.165) is 21.4 Å². The van der Waals surface area contributed by atoms with Gasteiger partial charge in [0.15, 0.2) is 0 Å². The summed E-state index contributed by atoms with van der Waals surface area (Å²) in [6.07, 6.45) is 0.929. The van der Waals surface area contributed by atoms with Gasteiger partial charge in [-0.05, 0) is 65.4 Å². The van der Waals surface area contributed by atoms with Crippen LogP contribution in [0.25, 0.3) is 0 Å². The van der Waals surface area contributed by atoms with Gasteiger partial charge in [0, 0.05) is 9.13 Å². The van der Waals surface area contributed by atoms with E-state index in [0.29, 0.717) is 12.1 Å². The van der Waals surface area contributed by atoms with Gasteiger partial charge in [0.2, 0.25) is 0 Å². The van der Waals surface area contributed by atoms with Gasteiger partial charge in [0.1, 0.15) is 11.9 Å². The standard InChI is InChI=1S/C17H16INO2/c1-2-14-11-19(15-5-3-4-6-16(15)21-14)17(20)12-7-9-13(18)10-8-12/h3-10,14H,2,11H2,1H3. The van der Waals surface area contributed by atoms with Crippen molar-refractivity contribution in [1.82, 2.24) is 0 Å². The number of benzene rings is 2. The first-order valence-corrected chi connectivity index (χ1v) is 8.10. The Kier molecular flexibility index (Phi) is 4.14. The number of halogens is 1. The highest BCUT2D eigenvalue weighted by Gasteiger charge is 2.29. The van der Waals surface area contributed by atoms with Crippen LogP contribution in [0.5, 0.6) is 5.75 Å². The average Bonchev–Trinajstić information content (AvgIpc) is 2.53. The Morgan fingerprint density at radius 3 is 2.67 bits per heavy atom. The van der Waals surface area contributed by atoms with Gasteiger partial charge in [-0.15, -0.1) is 0 Å². The zero-order valence-electron chi connectivity index (χ0n) is 11.8. The van der Waals surface area contributed by atoms with E-state index < -0.39 is 0 Å². The first kappa shape index (κ1) is 14.4. The van der Waals surface area contributed by atoms with Gasteiger partial charge in [0.25, 0.3) is 5.91 Å². The maximum Gasteiger partial charge on any atom is 0.258 e. The second-order valence-corrected chi connectivity index (χ2v) is 6.28. The number of anilines is 1. The minimum atomic E-state index is 0.0283. The van der Waals surface area contributed by atoms with Crippen molar-refractivity contribution >= 4 is 34.2 Å². The number of ether oxygens (including phenoxy) is 1. The zero-order chi connectivity index (χ0) is 14.8. The molecule has 2 aromatic rings. The van der Waals surface area contributed by atoms with Crippen LogP contribution in [0.2, 0.25) is 0 Å². The fourth-order valence-electron chi connectivity index (χ4n) is 2.45. The third-order valence-electron chi connectivity index (χ3n) is 3.63. The Hall–Kier alpha value is -1.56. The summed E-state index contributed by atoms with van der Waals surface area (Å²) < 4.78 is 7.04. The molecule has 1 atom stereocenters. The molecule has 0 saturated carbocycles. The molecule has 21 heavy (non-hydrogen) atoms. The SMILES string of the molecule is CCC1CN(C(=O)c2ccc(I)cc2)c2ccccc2O1. The number of rotatable bonds is 2. The molecular formula is C17H16INO2. The number of para-hydroxylation sites is 2. The Bertz CT molecular complexity index is 654. The number of fused-ring (bicyclic) bond motifs is 1. The summed E-state index contributed by atoms with van der Waals surface area (Å²) in [5, 5.41) is 0. The largest absolute Gasteiger partial charge is 0.486 e. The number of amides is 1. The van der Waals surface area contributed by atoms with E-state index in [1.165, 1.54) is 0 Å². The molecular weight excluding hydrogens is 377 g/mol. The summed E-state index contributed by atoms with van der Waals surface area (Å²) in [5.74, 6) is 0.815. The van der Waals surface area contributed by atoms with Gasteiger partial charge in [-0.1, -0.05) is 19.1 Å². The normalized spacial score (nSPS) is 17.0. The highest BCUT2D eigenvalue weighted by Crippen LogP contribution is 2.34. The molecule has 1 aliphatic rings. The monoisotopic (exact) mass is 393 g/mol. The minimum absolute atomic E-state index is 0.0283. The predicted molar refractivity (Wildman–Crippen MR) is 92.0 cm³/mol. The molecule has 3 rings (SSSR count). The van der Waals surface area contributed by atoms with Crippen LogP contribution < -0.4 is 9.64 Å². The Balaban J connectivity index is 1.97. The molecule has 0 bridgehead atoms. The van der Waals surface area contributed by atoms with E-state index in [2.05, 4.69) is 29.5 Å². The Morgan fingerprint density at radius 1 is 1.24 bits per heavy atom. The third kappa shape index (κ3) is 2.90. The molecule has 0 fully saturated rings. The fourth-order valence-corrected chi connectivity index (χ4v) is 2.81. The molecule has 0 aromatic heterocycles. The lowest BCUT2D eigenvalue weighted by Crippen LogP contribution is -2.43. The van der Waals surface area contributed by atoms with E-state index in [9.17, 15) is 4.79 Å². The molecule has 1 heterocycles.